The van der Waals surface area contributed by atoms with E-state index in [2.05, 4.69) is 15.7 Å². The van der Waals surface area contributed by atoms with E-state index in [1.54, 1.807) is 71.4 Å². The Bertz CT molecular complexity index is 1120. The lowest BCUT2D eigenvalue weighted by Gasteiger charge is -2.32. The number of para-hydroxylation sites is 1. The number of piperidine rings is 1. The molecule has 0 spiro atoms. The second-order valence-electron chi connectivity index (χ2n) is 7.81. The first-order valence-electron chi connectivity index (χ1n) is 10.6. The number of hydrogen-bond donors (Lipinski definition) is 2. The lowest BCUT2D eigenvalue weighted by atomic mass is 10.0. The van der Waals surface area contributed by atoms with E-state index in [1.165, 1.54) is 6.20 Å². The minimum Gasteiger partial charge on any atom is -0.349 e. The largest absolute Gasteiger partial charge is 0.349 e. The maximum absolute atomic E-state index is 13.2. The van der Waals surface area contributed by atoms with Crippen LogP contribution in [0.1, 0.15) is 43.9 Å². The Balaban J connectivity index is 1.37. The molecular weight excluding hydrogens is 406 g/mol. The summed E-state index contributed by atoms with van der Waals surface area (Å²) < 4.78 is 1.59. The summed E-state index contributed by atoms with van der Waals surface area (Å²) in [7, 11) is 1.76. The van der Waals surface area contributed by atoms with E-state index in [1.807, 2.05) is 6.07 Å². The molecule has 2 N–H and O–H groups in total. The Morgan fingerprint density at radius 3 is 2.28 bits per heavy atom. The monoisotopic (exact) mass is 431 g/mol. The van der Waals surface area contributed by atoms with Gasteiger partial charge in [0, 0.05) is 37.9 Å². The smallest absolute Gasteiger partial charge is 0.255 e. The van der Waals surface area contributed by atoms with Gasteiger partial charge in [0.1, 0.15) is 0 Å². The molecule has 0 aliphatic carbocycles. The van der Waals surface area contributed by atoms with Crippen molar-refractivity contribution in [3.05, 3.63) is 83.7 Å². The fourth-order valence-corrected chi connectivity index (χ4v) is 3.77. The van der Waals surface area contributed by atoms with Crippen molar-refractivity contribution < 1.29 is 14.4 Å². The van der Waals surface area contributed by atoms with Crippen LogP contribution in [-0.2, 0) is 7.05 Å². The van der Waals surface area contributed by atoms with E-state index in [0.717, 1.165) is 0 Å². The van der Waals surface area contributed by atoms with Crippen LogP contribution >= 0.6 is 0 Å². The first kappa shape index (κ1) is 21.3. The van der Waals surface area contributed by atoms with Crippen LogP contribution in [0.15, 0.2) is 67.0 Å². The van der Waals surface area contributed by atoms with Crippen LogP contribution < -0.4 is 10.6 Å². The highest BCUT2D eigenvalue weighted by Crippen LogP contribution is 2.21. The number of aryl methyl sites for hydroxylation is 1. The van der Waals surface area contributed by atoms with Crippen LogP contribution in [0.2, 0.25) is 0 Å². The molecule has 1 fully saturated rings. The second kappa shape index (κ2) is 9.47. The second-order valence-corrected chi connectivity index (χ2v) is 7.81. The van der Waals surface area contributed by atoms with Crippen molar-refractivity contribution in [1.82, 2.24) is 20.0 Å². The molecule has 1 aromatic heterocycles. The summed E-state index contributed by atoms with van der Waals surface area (Å²) in [5.74, 6) is -0.550. The topological polar surface area (TPSA) is 96.3 Å². The van der Waals surface area contributed by atoms with Gasteiger partial charge in [-0.15, -0.1) is 0 Å². The fourth-order valence-electron chi connectivity index (χ4n) is 3.77. The molecule has 0 unspecified atom stereocenters. The summed E-state index contributed by atoms with van der Waals surface area (Å²) in [5, 5.41) is 9.89. The predicted molar refractivity (Wildman–Crippen MR) is 120 cm³/mol. The summed E-state index contributed by atoms with van der Waals surface area (Å²) in [4.78, 5) is 39.8. The van der Waals surface area contributed by atoms with Crippen LogP contribution in [0.4, 0.5) is 5.69 Å². The van der Waals surface area contributed by atoms with Gasteiger partial charge in [-0.1, -0.05) is 30.3 Å². The Morgan fingerprint density at radius 1 is 0.906 bits per heavy atom. The molecule has 8 nitrogen and oxygen atoms in total. The fraction of sp³-hybridized carbons (Fsp3) is 0.250. The van der Waals surface area contributed by atoms with Crippen molar-refractivity contribution in [2.75, 3.05) is 18.4 Å². The number of aromatic nitrogens is 2. The lowest BCUT2D eigenvalue weighted by molar-refractivity contribution is 0.0699. The number of hydrogen-bond acceptors (Lipinski definition) is 4. The first-order chi connectivity index (χ1) is 15.5. The summed E-state index contributed by atoms with van der Waals surface area (Å²) in [6.07, 6.45) is 4.54. The van der Waals surface area contributed by atoms with Crippen molar-refractivity contribution in [2.45, 2.75) is 18.9 Å². The van der Waals surface area contributed by atoms with Gasteiger partial charge >= 0.3 is 0 Å². The normalized spacial score (nSPS) is 14.1. The molecule has 164 valence electrons. The maximum Gasteiger partial charge on any atom is 0.255 e. The molecule has 1 aliphatic heterocycles. The molecule has 32 heavy (non-hydrogen) atoms. The van der Waals surface area contributed by atoms with Gasteiger partial charge in [-0.3, -0.25) is 19.1 Å². The maximum atomic E-state index is 13.2. The number of likely N-dealkylation sites (tertiary alicyclic amines) is 1. The first-order valence-corrected chi connectivity index (χ1v) is 10.6. The van der Waals surface area contributed by atoms with Gasteiger partial charge in [0.2, 0.25) is 0 Å². The van der Waals surface area contributed by atoms with Gasteiger partial charge in [-0.25, -0.2) is 0 Å². The Hall–Kier alpha value is -3.94. The van der Waals surface area contributed by atoms with E-state index >= 15 is 0 Å². The molecule has 1 saturated heterocycles. The number of anilines is 1. The zero-order valence-electron chi connectivity index (χ0n) is 17.8. The molecule has 0 saturated carbocycles. The zero-order valence-corrected chi connectivity index (χ0v) is 17.8. The molecule has 3 amide bonds. The highest BCUT2D eigenvalue weighted by Gasteiger charge is 2.26. The number of nitrogens with zero attached hydrogens (tertiary/aromatic N) is 3. The predicted octanol–water partition coefficient (Wildman–Crippen LogP) is 2.71. The molecule has 0 bridgehead atoms. The third-order valence-electron chi connectivity index (χ3n) is 5.53. The third-order valence-corrected chi connectivity index (χ3v) is 5.53. The molecule has 2 aromatic carbocycles. The van der Waals surface area contributed by atoms with E-state index in [-0.39, 0.29) is 23.8 Å². The molecule has 3 aromatic rings. The van der Waals surface area contributed by atoms with E-state index < -0.39 is 0 Å². The van der Waals surface area contributed by atoms with E-state index in [4.69, 9.17) is 0 Å². The molecule has 0 atom stereocenters. The van der Waals surface area contributed by atoms with E-state index in [9.17, 15) is 14.4 Å². The Kier molecular flexibility index (Phi) is 6.30. The van der Waals surface area contributed by atoms with Crippen LogP contribution in [0, 0.1) is 0 Å². The summed E-state index contributed by atoms with van der Waals surface area (Å²) in [5.41, 5.74) is 1.99. The molecule has 2 heterocycles. The third kappa shape index (κ3) is 4.85. The van der Waals surface area contributed by atoms with Crippen molar-refractivity contribution in [3.63, 3.8) is 0 Å². The molecule has 4 rings (SSSR count). The lowest BCUT2D eigenvalue weighted by Crippen LogP contribution is -2.46. The number of carbonyl (C=O) groups is 3. The number of rotatable bonds is 5. The quantitative estimate of drug-likeness (QED) is 0.649. The highest BCUT2D eigenvalue weighted by atomic mass is 16.2. The molecule has 1 aliphatic rings. The zero-order chi connectivity index (χ0) is 22.5. The van der Waals surface area contributed by atoms with Crippen LogP contribution in [-0.4, -0.2) is 51.5 Å². The minimum absolute atomic E-state index is 0.000201. The summed E-state index contributed by atoms with van der Waals surface area (Å²) in [6, 6.07) is 15.9. The molecule has 8 heteroatoms. The van der Waals surface area contributed by atoms with Crippen LogP contribution in [0.25, 0.3) is 0 Å². The van der Waals surface area contributed by atoms with Gasteiger partial charge in [0.05, 0.1) is 23.0 Å². The summed E-state index contributed by atoms with van der Waals surface area (Å²) >= 11 is 0. The standard InChI is InChI=1S/C24H25N5O3/c1-28-16-18(15-25-28)23(31)26-19-11-13-29(14-12-19)24(32)20-9-5-6-10-21(20)27-22(30)17-7-3-2-4-8-17/h2-10,15-16,19H,11-14H2,1H3,(H,26,31)(H,27,30). The Labute approximate surface area is 186 Å². The van der Waals surface area contributed by atoms with Crippen molar-refractivity contribution in [3.8, 4) is 0 Å². The van der Waals surface area contributed by atoms with Gasteiger partial charge in [0.25, 0.3) is 17.7 Å². The summed E-state index contributed by atoms with van der Waals surface area (Å²) in [6.45, 7) is 1.05. The minimum atomic E-state index is -0.261. The Morgan fingerprint density at radius 2 is 1.59 bits per heavy atom. The van der Waals surface area contributed by atoms with Gasteiger partial charge in [0.15, 0.2) is 0 Å². The number of carbonyl (C=O) groups excluding carboxylic acids is 3. The van der Waals surface area contributed by atoms with Crippen molar-refractivity contribution in [1.29, 1.82) is 0 Å². The van der Waals surface area contributed by atoms with E-state index in [0.29, 0.717) is 48.3 Å². The number of amides is 3. The highest BCUT2D eigenvalue weighted by molar-refractivity contribution is 6.09. The molecule has 0 radical (unpaired) electrons. The number of benzene rings is 2. The average Bonchev–Trinajstić information content (AvgIpc) is 3.26. The van der Waals surface area contributed by atoms with Crippen molar-refractivity contribution in [2.24, 2.45) is 7.05 Å². The van der Waals surface area contributed by atoms with Crippen LogP contribution in [0.3, 0.4) is 0 Å². The van der Waals surface area contributed by atoms with Gasteiger partial charge in [-0.2, -0.15) is 5.10 Å². The molecular formula is C24H25N5O3. The van der Waals surface area contributed by atoms with Crippen molar-refractivity contribution >= 4 is 23.4 Å². The SMILES string of the molecule is Cn1cc(C(=O)NC2CCN(C(=O)c3ccccc3NC(=O)c3ccccc3)CC2)cn1. The van der Waals surface area contributed by atoms with Gasteiger partial charge < -0.3 is 15.5 Å². The van der Waals surface area contributed by atoms with Gasteiger partial charge in [-0.05, 0) is 37.1 Å². The van der Waals surface area contributed by atoms with Crippen LogP contribution in [0.5, 0.6) is 0 Å². The number of nitrogens with one attached hydrogen (secondary N) is 2. The average molecular weight is 431 g/mol.